The van der Waals surface area contributed by atoms with Crippen LogP contribution >= 0.6 is 0 Å². The summed E-state index contributed by atoms with van der Waals surface area (Å²) in [5, 5.41) is 0. The number of hydrogen-bond donors (Lipinski definition) is 0. The van der Waals surface area contributed by atoms with Crippen molar-refractivity contribution >= 4 is 17.4 Å². The number of amides is 1. The van der Waals surface area contributed by atoms with Gasteiger partial charge in [0.15, 0.2) is 0 Å². The molecule has 1 aromatic rings. The summed E-state index contributed by atoms with van der Waals surface area (Å²) in [7, 11) is 1.45. The predicted molar refractivity (Wildman–Crippen MR) is 68.2 cm³/mol. The Hall–Kier alpha value is -2.10. The zero-order chi connectivity index (χ0) is 13.4. The molecule has 4 heteroatoms. The molecule has 0 fully saturated rings. The summed E-state index contributed by atoms with van der Waals surface area (Å²) in [6.45, 7) is 5.82. The second-order valence-electron chi connectivity index (χ2n) is 4.44. The van der Waals surface area contributed by atoms with Gasteiger partial charge in [0.2, 0.25) is 11.7 Å². The topological polar surface area (TPSA) is 46.6 Å². The molecule has 0 N–H and O–H groups in total. The van der Waals surface area contributed by atoms with E-state index in [0.717, 1.165) is 22.4 Å². The van der Waals surface area contributed by atoms with Crippen LogP contribution in [0.15, 0.2) is 24.1 Å². The fourth-order valence-corrected chi connectivity index (χ4v) is 2.34. The van der Waals surface area contributed by atoms with Crippen molar-refractivity contribution in [1.82, 2.24) is 0 Å². The first-order chi connectivity index (χ1) is 8.45. The fraction of sp³-hybridized carbons (Fsp3) is 0.286. The number of carbonyl (C=O) groups is 2. The maximum Gasteiger partial charge on any atom is 0.305 e. The summed E-state index contributed by atoms with van der Waals surface area (Å²) in [4.78, 5) is 24.7. The van der Waals surface area contributed by atoms with Crippen LogP contribution in [0.1, 0.15) is 16.7 Å². The zero-order valence-electron chi connectivity index (χ0n) is 10.9. The van der Waals surface area contributed by atoms with Gasteiger partial charge in [0.1, 0.15) is 0 Å². The Morgan fingerprint density at radius 2 is 1.61 bits per heavy atom. The molecule has 2 rings (SSSR count). The van der Waals surface area contributed by atoms with E-state index in [9.17, 15) is 9.59 Å². The highest BCUT2D eigenvalue weighted by atomic mass is 16.5. The molecule has 0 unspecified atom stereocenters. The number of carbonyl (C=O) groups excluding carboxylic acids is 2. The molecule has 0 spiro atoms. The van der Waals surface area contributed by atoms with Crippen molar-refractivity contribution in [3.63, 3.8) is 0 Å². The van der Waals surface area contributed by atoms with Crippen LogP contribution in [0.4, 0.5) is 5.69 Å². The van der Waals surface area contributed by atoms with Crippen LogP contribution in [-0.2, 0) is 14.3 Å². The van der Waals surface area contributed by atoms with Crippen molar-refractivity contribution in [1.29, 1.82) is 0 Å². The predicted octanol–water partition coefficient (Wildman–Crippen LogP) is 2.02. The Morgan fingerprint density at radius 1 is 1.06 bits per heavy atom. The normalized spacial score (nSPS) is 15.1. The van der Waals surface area contributed by atoms with Crippen LogP contribution in [-0.4, -0.2) is 18.8 Å². The van der Waals surface area contributed by atoms with Crippen LogP contribution in [0.5, 0.6) is 0 Å². The van der Waals surface area contributed by atoms with Gasteiger partial charge in [-0.2, -0.15) is 0 Å². The molecule has 0 radical (unpaired) electrons. The van der Waals surface area contributed by atoms with E-state index < -0.39 is 11.7 Å². The quantitative estimate of drug-likeness (QED) is 0.749. The molecule has 1 aliphatic rings. The number of hydrogen-bond acceptors (Lipinski definition) is 3. The van der Waals surface area contributed by atoms with Crippen molar-refractivity contribution in [2.75, 3.05) is 12.0 Å². The largest absolute Gasteiger partial charge is 0.482 e. The summed E-state index contributed by atoms with van der Waals surface area (Å²) in [5.74, 6) is -0.840. The van der Waals surface area contributed by atoms with Gasteiger partial charge < -0.3 is 4.74 Å². The number of rotatable bonds is 2. The maximum atomic E-state index is 11.9. The number of ketones is 1. The highest BCUT2D eigenvalue weighted by Crippen LogP contribution is 2.31. The third-order valence-corrected chi connectivity index (χ3v) is 2.96. The van der Waals surface area contributed by atoms with Crippen molar-refractivity contribution in [2.45, 2.75) is 20.8 Å². The summed E-state index contributed by atoms with van der Waals surface area (Å²) < 4.78 is 5.10. The smallest absolute Gasteiger partial charge is 0.305 e. The Kier molecular flexibility index (Phi) is 2.95. The van der Waals surface area contributed by atoms with Crippen LogP contribution in [0.3, 0.4) is 0 Å². The molecule has 1 heterocycles. The molecule has 1 aliphatic heterocycles. The van der Waals surface area contributed by atoms with Gasteiger partial charge in [-0.3, -0.25) is 9.59 Å². The minimum Gasteiger partial charge on any atom is -0.482 e. The standard InChI is InChI=1S/C14H15NO3/c1-8-5-9(2)13(10(3)6-8)15-12(18-4)7-11(16)14(15)17/h5-7H,1-4H3. The molecular formula is C14H15NO3. The molecule has 0 aliphatic carbocycles. The maximum absolute atomic E-state index is 11.9. The highest BCUT2D eigenvalue weighted by molar-refractivity contribution is 6.48. The molecule has 0 bridgehead atoms. The van der Waals surface area contributed by atoms with Crippen LogP contribution in [0.25, 0.3) is 0 Å². The Balaban J connectivity index is 2.59. The van der Waals surface area contributed by atoms with Crippen LogP contribution in [0.2, 0.25) is 0 Å². The van der Waals surface area contributed by atoms with Crippen molar-refractivity contribution in [3.8, 4) is 0 Å². The minimum absolute atomic E-state index is 0.278. The number of ether oxygens (including phenoxy) is 1. The van der Waals surface area contributed by atoms with Crippen molar-refractivity contribution < 1.29 is 14.3 Å². The lowest BCUT2D eigenvalue weighted by Gasteiger charge is -2.22. The number of benzene rings is 1. The van der Waals surface area contributed by atoms with Gasteiger partial charge in [-0.05, 0) is 31.9 Å². The van der Waals surface area contributed by atoms with E-state index in [0.29, 0.717) is 0 Å². The molecule has 0 atom stereocenters. The lowest BCUT2D eigenvalue weighted by molar-refractivity contribution is -0.132. The van der Waals surface area contributed by atoms with Crippen molar-refractivity contribution in [2.24, 2.45) is 0 Å². The lowest BCUT2D eigenvalue weighted by Crippen LogP contribution is -2.30. The second-order valence-corrected chi connectivity index (χ2v) is 4.44. The van der Waals surface area contributed by atoms with Gasteiger partial charge in [-0.25, -0.2) is 4.90 Å². The van der Waals surface area contributed by atoms with E-state index in [1.807, 2.05) is 32.9 Å². The zero-order valence-corrected chi connectivity index (χ0v) is 10.9. The number of anilines is 1. The summed E-state index contributed by atoms with van der Waals surface area (Å²) in [5.41, 5.74) is 3.73. The molecule has 0 aromatic heterocycles. The minimum atomic E-state index is -0.568. The Labute approximate surface area is 106 Å². The first-order valence-electron chi connectivity index (χ1n) is 5.67. The third kappa shape index (κ3) is 1.79. The highest BCUT2D eigenvalue weighted by Gasteiger charge is 2.35. The Morgan fingerprint density at radius 3 is 2.11 bits per heavy atom. The van der Waals surface area contributed by atoms with Gasteiger partial charge in [-0.15, -0.1) is 0 Å². The fourth-order valence-electron chi connectivity index (χ4n) is 2.34. The van der Waals surface area contributed by atoms with Crippen LogP contribution < -0.4 is 4.90 Å². The number of aryl methyl sites for hydroxylation is 3. The van der Waals surface area contributed by atoms with Gasteiger partial charge in [0.05, 0.1) is 18.9 Å². The monoisotopic (exact) mass is 245 g/mol. The van der Waals surface area contributed by atoms with Gasteiger partial charge in [0.25, 0.3) is 0 Å². The summed E-state index contributed by atoms with van der Waals surface area (Å²) in [6, 6.07) is 3.96. The van der Waals surface area contributed by atoms with E-state index in [-0.39, 0.29) is 5.88 Å². The molecule has 1 amide bonds. The SMILES string of the molecule is COC1=CC(=O)C(=O)N1c1c(C)cc(C)cc1C. The summed E-state index contributed by atoms with van der Waals surface area (Å²) >= 11 is 0. The molecule has 1 aromatic carbocycles. The molecule has 4 nitrogen and oxygen atoms in total. The van der Waals surface area contributed by atoms with E-state index >= 15 is 0 Å². The second kappa shape index (κ2) is 4.29. The molecule has 0 saturated carbocycles. The number of nitrogens with zero attached hydrogens (tertiary/aromatic N) is 1. The average Bonchev–Trinajstić information content (AvgIpc) is 2.55. The van der Waals surface area contributed by atoms with Gasteiger partial charge in [-0.1, -0.05) is 17.7 Å². The van der Waals surface area contributed by atoms with E-state index in [1.54, 1.807) is 0 Å². The molecular weight excluding hydrogens is 230 g/mol. The first kappa shape index (κ1) is 12.4. The van der Waals surface area contributed by atoms with Gasteiger partial charge >= 0.3 is 5.91 Å². The molecule has 18 heavy (non-hydrogen) atoms. The third-order valence-electron chi connectivity index (χ3n) is 2.96. The van der Waals surface area contributed by atoms with E-state index in [2.05, 4.69) is 0 Å². The first-order valence-corrected chi connectivity index (χ1v) is 5.67. The van der Waals surface area contributed by atoms with Gasteiger partial charge in [0, 0.05) is 0 Å². The molecule has 94 valence electrons. The average molecular weight is 245 g/mol. The Bertz CT molecular complexity index is 549. The lowest BCUT2D eigenvalue weighted by atomic mass is 10.0. The van der Waals surface area contributed by atoms with Crippen LogP contribution in [0, 0.1) is 20.8 Å². The number of methoxy groups -OCH3 is 1. The van der Waals surface area contributed by atoms with E-state index in [1.165, 1.54) is 18.1 Å². The molecule has 0 saturated heterocycles. The summed E-state index contributed by atoms with van der Waals surface area (Å²) in [6.07, 6.45) is 1.22. The van der Waals surface area contributed by atoms with Crippen molar-refractivity contribution in [3.05, 3.63) is 40.8 Å². The van der Waals surface area contributed by atoms with E-state index in [4.69, 9.17) is 4.74 Å².